The number of rotatable bonds is 8. The number of allylic oxidation sites excluding steroid dienone is 2. The minimum Gasteiger partial charge on any atom is -0.465 e. The lowest BCUT2D eigenvalue weighted by atomic mass is 9.80. The minimum atomic E-state index is -0.718. The number of carbonyl (C=O) groups excluding carboxylic acids is 2. The van der Waals surface area contributed by atoms with Crippen LogP contribution in [0.1, 0.15) is 29.2 Å². The molecule has 0 radical (unpaired) electrons. The van der Waals surface area contributed by atoms with E-state index in [1.165, 1.54) is 14.2 Å². The summed E-state index contributed by atoms with van der Waals surface area (Å²) in [7, 11) is 2.55. The van der Waals surface area contributed by atoms with Crippen molar-refractivity contribution in [3.63, 3.8) is 0 Å². The van der Waals surface area contributed by atoms with E-state index in [9.17, 15) is 9.59 Å². The second-order valence-corrected chi connectivity index (χ2v) is 10.2. The van der Waals surface area contributed by atoms with Crippen LogP contribution in [0.15, 0.2) is 139 Å². The van der Waals surface area contributed by atoms with Crippen LogP contribution in [0.2, 0.25) is 0 Å². The van der Waals surface area contributed by atoms with Gasteiger partial charge in [-0.25, -0.2) is 9.59 Å². The van der Waals surface area contributed by atoms with Gasteiger partial charge in [-0.05, 0) is 27.8 Å². The molecule has 0 saturated heterocycles. The zero-order valence-electron chi connectivity index (χ0n) is 22.9. The van der Waals surface area contributed by atoms with E-state index in [1.54, 1.807) is 6.08 Å². The molecule has 200 valence electrons. The third-order valence-corrected chi connectivity index (χ3v) is 8.09. The highest BCUT2D eigenvalue weighted by atomic mass is 16.5. The van der Waals surface area contributed by atoms with Gasteiger partial charge in [0.15, 0.2) is 0 Å². The van der Waals surface area contributed by atoms with Gasteiger partial charge in [-0.1, -0.05) is 140 Å². The summed E-state index contributed by atoms with van der Waals surface area (Å²) < 4.78 is 10.0. The fourth-order valence-corrected chi connectivity index (χ4v) is 6.21. The predicted molar refractivity (Wildman–Crippen MR) is 157 cm³/mol. The maximum absolute atomic E-state index is 12.9. The molecule has 0 aromatic heterocycles. The standard InChI is InChI=1S/C36H32O4/c1-35(25-31(33(37)39-2)34(38)40-3)32(24-30(26-16-8-4-9-17-26)27-18-10-5-11-19-27)36(35,28-20-12-6-13-21-28)29-22-14-7-15-23-29/h4-25,32H,1-3H3/t32-,35+/m1/s1. The third kappa shape index (κ3) is 4.56. The molecule has 1 aliphatic carbocycles. The summed E-state index contributed by atoms with van der Waals surface area (Å²) in [4.78, 5) is 25.7. The van der Waals surface area contributed by atoms with Gasteiger partial charge in [-0.3, -0.25) is 0 Å². The van der Waals surface area contributed by atoms with Crippen molar-refractivity contribution in [1.29, 1.82) is 0 Å². The first-order chi connectivity index (χ1) is 19.5. The average molecular weight is 529 g/mol. The zero-order valence-corrected chi connectivity index (χ0v) is 22.9. The van der Waals surface area contributed by atoms with E-state index in [0.29, 0.717) is 0 Å². The molecule has 1 saturated carbocycles. The first-order valence-electron chi connectivity index (χ1n) is 13.3. The number of hydrogen-bond donors (Lipinski definition) is 0. The normalized spacial score (nSPS) is 18.6. The van der Waals surface area contributed by atoms with E-state index >= 15 is 0 Å². The van der Waals surface area contributed by atoms with E-state index in [2.05, 4.69) is 61.5 Å². The Balaban J connectivity index is 1.83. The van der Waals surface area contributed by atoms with Crippen LogP contribution in [-0.4, -0.2) is 26.2 Å². The fraction of sp³-hybridized carbons (Fsp3) is 0.167. The van der Waals surface area contributed by atoms with Gasteiger partial charge < -0.3 is 9.47 Å². The van der Waals surface area contributed by atoms with Gasteiger partial charge in [-0.15, -0.1) is 0 Å². The van der Waals surface area contributed by atoms with Crippen LogP contribution in [0.4, 0.5) is 0 Å². The maximum atomic E-state index is 12.9. The van der Waals surface area contributed by atoms with Crippen LogP contribution in [0.5, 0.6) is 0 Å². The molecule has 0 unspecified atom stereocenters. The Labute approximate surface area is 235 Å². The summed E-state index contributed by atoms with van der Waals surface area (Å²) in [5, 5.41) is 0. The lowest BCUT2D eigenvalue weighted by Crippen LogP contribution is -2.21. The summed E-state index contributed by atoms with van der Waals surface area (Å²) in [5.41, 5.74) is 4.08. The Morgan fingerprint density at radius 3 is 1.38 bits per heavy atom. The van der Waals surface area contributed by atoms with Gasteiger partial charge in [0.2, 0.25) is 0 Å². The lowest BCUT2D eigenvalue weighted by Gasteiger charge is -2.23. The second-order valence-electron chi connectivity index (χ2n) is 10.2. The zero-order chi connectivity index (χ0) is 28.2. The quantitative estimate of drug-likeness (QED) is 0.107. The second kappa shape index (κ2) is 11.2. The summed E-state index contributed by atoms with van der Waals surface area (Å²) in [6.07, 6.45) is 4.06. The van der Waals surface area contributed by atoms with Crippen LogP contribution in [0.3, 0.4) is 0 Å². The first-order valence-corrected chi connectivity index (χ1v) is 13.3. The number of carbonyl (C=O) groups is 2. The Morgan fingerprint density at radius 2 is 1.00 bits per heavy atom. The molecule has 0 amide bonds. The van der Waals surface area contributed by atoms with E-state index in [4.69, 9.17) is 9.47 Å². The van der Waals surface area contributed by atoms with Crippen LogP contribution in [0, 0.1) is 11.3 Å². The molecule has 40 heavy (non-hydrogen) atoms. The van der Waals surface area contributed by atoms with E-state index in [-0.39, 0.29) is 11.5 Å². The predicted octanol–water partition coefficient (Wildman–Crippen LogP) is 7.01. The van der Waals surface area contributed by atoms with Gasteiger partial charge in [0, 0.05) is 16.7 Å². The Morgan fingerprint density at radius 1 is 0.625 bits per heavy atom. The number of methoxy groups -OCH3 is 2. The molecule has 0 spiro atoms. The van der Waals surface area contributed by atoms with Crippen LogP contribution in [0.25, 0.3) is 5.57 Å². The Hall–Kier alpha value is -4.70. The van der Waals surface area contributed by atoms with Crippen molar-refractivity contribution in [2.24, 2.45) is 11.3 Å². The molecule has 0 N–H and O–H groups in total. The SMILES string of the molecule is COC(=O)C(=C[C@@]1(C)[C@@H](C=C(c2ccccc2)c2ccccc2)C1(c1ccccc1)c1ccccc1)C(=O)OC. The Kier molecular flexibility index (Phi) is 7.52. The van der Waals surface area contributed by atoms with Gasteiger partial charge in [0.25, 0.3) is 0 Å². The number of benzene rings is 4. The largest absolute Gasteiger partial charge is 0.465 e. The van der Waals surface area contributed by atoms with Crippen LogP contribution in [-0.2, 0) is 24.5 Å². The van der Waals surface area contributed by atoms with Crippen molar-refractivity contribution in [1.82, 2.24) is 0 Å². The highest BCUT2D eigenvalue weighted by Gasteiger charge is 2.73. The molecular formula is C36H32O4. The van der Waals surface area contributed by atoms with Crippen molar-refractivity contribution in [2.45, 2.75) is 12.3 Å². The maximum Gasteiger partial charge on any atom is 0.344 e. The molecule has 4 aromatic carbocycles. The van der Waals surface area contributed by atoms with Crippen molar-refractivity contribution < 1.29 is 19.1 Å². The van der Waals surface area contributed by atoms with Gasteiger partial charge in [0.1, 0.15) is 5.57 Å². The van der Waals surface area contributed by atoms with Gasteiger partial charge in [0.05, 0.1) is 14.2 Å². The summed E-state index contributed by atoms with van der Waals surface area (Å²) in [6, 6.07) is 41.2. The monoisotopic (exact) mass is 528 g/mol. The summed E-state index contributed by atoms with van der Waals surface area (Å²) >= 11 is 0. The average Bonchev–Trinajstić information content (AvgIpc) is 3.56. The van der Waals surface area contributed by atoms with Gasteiger partial charge in [-0.2, -0.15) is 0 Å². The molecule has 4 heteroatoms. The number of hydrogen-bond acceptors (Lipinski definition) is 4. The fourth-order valence-electron chi connectivity index (χ4n) is 6.21. The van der Waals surface area contributed by atoms with Crippen molar-refractivity contribution in [3.8, 4) is 0 Å². The molecule has 1 aliphatic rings. The van der Waals surface area contributed by atoms with Crippen molar-refractivity contribution in [2.75, 3.05) is 14.2 Å². The van der Waals surface area contributed by atoms with Crippen LogP contribution >= 0.6 is 0 Å². The molecule has 4 aromatic rings. The molecule has 0 heterocycles. The van der Waals surface area contributed by atoms with Crippen LogP contribution < -0.4 is 0 Å². The Bertz CT molecular complexity index is 1440. The van der Waals surface area contributed by atoms with Crippen molar-refractivity contribution in [3.05, 3.63) is 161 Å². The lowest BCUT2D eigenvalue weighted by molar-refractivity contribution is -0.144. The highest BCUT2D eigenvalue weighted by molar-refractivity contribution is 6.14. The molecule has 4 nitrogen and oxygen atoms in total. The summed E-state index contributed by atoms with van der Waals surface area (Å²) in [6.45, 7) is 2.10. The molecule has 0 aliphatic heterocycles. The molecular weight excluding hydrogens is 496 g/mol. The highest BCUT2D eigenvalue weighted by Crippen LogP contribution is 2.74. The number of ether oxygens (including phenoxy) is 2. The van der Waals surface area contributed by atoms with Crippen molar-refractivity contribution >= 4 is 17.5 Å². The van der Waals surface area contributed by atoms with E-state index in [0.717, 1.165) is 27.8 Å². The van der Waals surface area contributed by atoms with E-state index < -0.39 is 22.8 Å². The molecule has 0 bridgehead atoms. The molecule has 5 rings (SSSR count). The minimum absolute atomic E-state index is 0.111. The third-order valence-electron chi connectivity index (χ3n) is 8.09. The van der Waals surface area contributed by atoms with Gasteiger partial charge >= 0.3 is 11.9 Å². The topological polar surface area (TPSA) is 52.6 Å². The summed E-state index contributed by atoms with van der Waals surface area (Å²) in [5.74, 6) is -1.56. The van der Waals surface area contributed by atoms with E-state index in [1.807, 2.05) is 72.8 Å². The molecule has 1 fully saturated rings. The molecule has 2 atom stereocenters. The first kappa shape index (κ1) is 26.9. The smallest absolute Gasteiger partial charge is 0.344 e. The number of esters is 2.